The highest BCUT2D eigenvalue weighted by Gasteiger charge is 2.22. The Morgan fingerprint density at radius 3 is 2.60 bits per heavy atom. The Morgan fingerprint density at radius 2 is 2.13 bits per heavy atom. The number of ether oxygens (including phenoxy) is 1. The maximum Gasteiger partial charge on any atom is 0.340 e. The summed E-state index contributed by atoms with van der Waals surface area (Å²) in [6, 6.07) is 0.462. The standard InChI is InChI=1S/C9H6F2O4/c1-15-9(14)4-2-6(10)8(13)5(3-12)7(4)11/h2-3,13H,1H3. The lowest BCUT2D eigenvalue weighted by molar-refractivity contribution is 0.0594. The molecule has 0 atom stereocenters. The number of aromatic hydroxyl groups is 1. The van der Waals surface area contributed by atoms with Crippen molar-refractivity contribution >= 4 is 12.3 Å². The van der Waals surface area contributed by atoms with Gasteiger partial charge in [0, 0.05) is 0 Å². The van der Waals surface area contributed by atoms with Gasteiger partial charge in [0.25, 0.3) is 0 Å². The van der Waals surface area contributed by atoms with E-state index in [1.807, 2.05) is 0 Å². The molecule has 0 spiro atoms. The van der Waals surface area contributed by atoms with Crippen LogP contribution in [0.4, 0.5) is 8.78 Å². The summed E-state index contributed by atoms with van der Waals surface area (Å²) in [4.78, 5) is 21.3. The van der Waals surface area contributed by atoms with Crippen LogP contribution in [0.25, 0.3) is 0 Å². The highest BCUT2D eigenvalue weighted by molar-refractivity contribution is 5.93. The fraction of sp³-hybridized carbons (Fsp3) is 0.111. The van der Waals surface area contributed by atoms with E-state index in [2.05, 4.69) is 4.74 Å². The lowest BCUT2D eigenvalue weighted by atomic mass is 10.1. The zero-order valence-electron chi connectivity index (χ0n) is 7.58. The van der Waals surface area contributed by atoms with Crippen LogP contribution in [0.1, 0.15) is 20.7 Å². The van der Waals surface area contributed by atoms with Gasteiger partial charge in [0.05, 0.1) is 18.2 Å². The Hall–Kier alpha value is -1.98. The molecule has 4 nitrogen and oxygen atoms in total. The van der Waals surface area contributed by atoms with Crippen molar-refractivity contribution in [2.45, 2.75) is 0 Å². The molecule has 0 heterocycles. The molecule has 6 heteroatoms. The lowest BCUT2D eigenvalue weighted by Gasteiger charge is -2.05. The molecule has 1 aromatic rings. The van der Waals surface area contributed by atoms with Crippen LogP contribution in [0.3, 0.4) is 0 Å². The van der Waals surface area contributed by atoms with Crippen molar-refractivity contribution in [3.63, 3.8) is 0 Å². The number of phenols is 1. The fourth-order valence-electron chi connectivity index (χ4n) is 1.00. The van der Waals surface area contributed by atoms with Crippen LogP contribution >= 0.6 is 0 Å². The molecule has 0 bridgehead atoms. The Morgan fingerprint density at radius 1 is 1.53 bits per heavy atom. The lowest BCUT2D eigenvalue weighted by Crippen LogP contribution is -2.08. The number of halogens is 2. The minimum absolute atomic E-state index is 0.0831. The van der Waals surface area contributed by atoms with Gasteiger partial charge in [-0.2, -0.15) is 0 Å². The molecule has 0 radical (unpaired) electrons. The molecule has 1 aromatic carbocycles. The van der Waals surface area contributed by atoms with Crippen LogP contribution in [0.2, 0.25) is 0 Å². The Balaban J connectivity index is 3.50. The molecule has 0 unspecified atom stereocenters. The first-order valence-electron chi connectivity index (χ1n) is 3.77. The number of carbonyl (C=O) groups is 2. The zero-order chi connectivity index (χ0) is 11.6. The van der Waals surface area contributed by atoms with E-state index in [-0.39, 0.29) is 6.29 Å². The second-order valence-corrected chi connectivity index (χ2v) is 2.59. The minimum atomic E-state index is -1.31. The van der Waals surface area contributed by atoms with E-state index in [1.165, 1.54) is 0 Å². The summed E-state index contributed by atoms with van der Waals surface area (Å²) in [6.07, 6.45) is -0.0831. The summed E-state index contributed by atoms with van der Waals surface area (Å²) in [5.41, 5.74) is -1.65. The van der Waals surface area contributed by atoms with E-state index in [1.54, 1.807) is 0 Å². The highest BCUT2D eigenvalue weighted by Crippen LogP contribution is 2.25. The molecule has 0 aliphatic rings. The van der Waals surface area contributed by atoms with Crippen molar-refractivity contribution in [3.05, 3.63) is 28.8 Å². The first-order chi connectivity index (χ1) is 7.02. The van der Waals surface area contributed by atoms with Gasteiger partial charge in [-0.05, 0) is 6.07 Å². The van der Waals surface area contributed by atoms with Gasteiger partial charge in [-0.25, -0.2) is 13.6 Å². The maximum atomic E-state index is 13.3. The number of benzene rings is 1. The van der Waals surface area contributed by atoms with E-state index in [4.69, 9.17) is 5.11 Å². The van der Waals surface area contributed by atoms with Crippen molar-refractivity contribution in [2.75, 3.05) is 7.11 Å². The third-order valence-corrected chi connectivity index (χ3v) is 1.75. The van der Waals surface area contributed by atoms with E-state index < -0.39 is 34.5 Å². The van der Waals surface area contributed by atoms with Crippen LogP contribution in [0.15, 0.2) is 6.07 Å². The van der Waals surface area contributed by atoms with E-state index in [0.717, 1.165) is 7.11 Å². The molecule has 0 aliphatic carbocycles. The molecular formula is C9H6F2O4. The van der Waals surface area contributed by atoms with E-state index in [0.29, 0.717) is 6.07 Å². The second kappa shape index (κ2) is 4.04. The smallest absolute Gasteiger partial charge is 0.340 e. The molecule has 0 aromatic heterocycles. The summed E-state index contributed by atoms with van der Waals surface area (Å²) in [5.74, 6) is -4.83. The van der Waals surface area contributed by atoms with Crippen molar-refractivity contribution in [1.29, 1.82) is 0 Å². The number of methoxy groups -OCH3 is 1. The van der Waals surface area contributed by atoms with Crippen LogP contribution in [-0.2, 0) is 4.74 Å². The van der Waals surface area contributed by atoms with Gasteiger partial charge in [0.2, 0.25) is 0 Å². The highest BCUT2D eigenvalue weighted by atomic mass is 19.1. The van der Waals surface area contributed by atoms with E-state index in [9.17, 15) is 18.4 Å². The van der Waals surface area contributed by atoms with Crippen LogP contribution < -0.4 is 0 Å². The van der Waals surface area contributed by atoms with Gasteiger partial charge >= 0.3 is 5.97 Å². The molecular weight excluding hydrogens is 210 g/mol. The van der Waals surface area contributed by atoms with Gasteiger partial charge in [-0.15, -0.1) is 0 Å². The van der Waals surface area contributed by atoms with Gasteiger partial charge < -0.3 is 9.84 Å². The summed E-state index contributed by atoms with van der Waals surface area (Å²) >= 11 is 0. The molecule has 0 aliphatic heterocycles. The first kappa shape index (κ1) is 11.1. The van der Waals surface area contributed by atoms with Crippen molar-refractivity contribution in [2.24, 2.45) is 0 Å². The molecule has 0 fully saturated rings. The molecule has 15 heavy (non-hydrogen) atoms. The molecule has 80 valence electrons. The molecule has 1 N–H and O–H groups in total. The van der Waals surface area contributed by atoms with Gasteiger partial charge in [0.1, 0.15) is 0 Å². The minimum Gasteiger partial charge on any atom is -0.504 e. The Kier molecular flexibility index (Phi) is 2.99. The number of phenolic OH excluding ortho intramolecular Hbond substituents is 1. The summed E-state index contributed by atoms with van der Waals surface area (Å²) in [5, 5.41) is 8.96. The molecule has 1 rings (SSSR count). The summed E-state index contributed by atoms with van der Waals surface area (Å²) in [6.45, 7) is 0. The maximum absolute atomic E-state index is 13.3. The number of rotatable bonds is 2. The van der Waals surface area contributed by atoms with Crippen molar-refractivity contribution in [1.82, 2.24) is 0 Å². The fourth-order valence-corrected chi connectivity index (χ4v) is 1.00. The monoisotopic (exact) mass is 216 g/mol. The topological polar surface area (TPSA) is 63.6 Å². The van der Waals surface area contributed by atoms with Crippen LogP contribution in [0.5, 0.6) is 5.75 Å². The predicted octanol–water partition coefficient (Wildman–Crippen LogP) is 1.27. The van der Waals surface area contributed by atoms with Gasteiger partial charge in [0.15, 0.2) is 23.7 Å². The Labute approximate surface area is 83.1 Å². The van der Waals surface area contributed by atoms with Crippen LogP contribution in [0, 0.1) is 11.6 Å². The van der Waals surface area contributed by atoms with E-state index >= 15 is 0 Å². The number of aldehydes is 1. The van der Waals surface area contributed by atoms with Crippen LogP contribution in [-0.4, -0.2) is 24.5 Å². The van der Waals surface area contributed by atoms with Crippen molar-refractivity contribution in [3.8, 4) is 5.75 Å². The Bertz CT molecular complexity index is 429. The number of hydrogen-bond acceptors (Lipinski definition) is 4. The second-order valence-electron chi connectivity index (χ2n) is 2.59. The SMILES string of the molecule is COC(=O)c1cc(F)c(O)c(C=O)c1F. The largest absolute Gasteiger partial charge is 0.504 e. The summed E-state index contributed by atoms with van der Waals surface area (Å²) < 4.78 is 30.4. The van der Waals surface area contributed by atoms with Crippen molar-refractivity contribution < 1.29 is 28.2 Å². The first-order valence-corrected chi connectivity index (χ1v) is 3.77. The third-order valence-electron chi connectivity index (χ3n) is 1.75. The number of esters is 1. The molecule has 0 saturated carbocycles. The molecule has 0 amide bonds. The summed E-state index contributed by atoms with van der Waals surface area (Å²) in [7, 11) is 0.979. The average Bonchev–Trinajstić information content (AvgIpc) is 2.23. The third kappa shape index (κ3) is 1.78. The average molecular weight is 216 g/mol. The van der Waals surface area contributed by atoms with Gasteiger partial charge in [-0.3, -0.25) is 4.79 Å². The predicted molar refractivity (Wildman–Crippen MR) is 44.7 cm³/mol. The van der Waals surface area contributed by atoms with Gasteiger partial charge in [-0.1, -0.05) is 0 Å². The normalized spacial score (nSPS) is 9.80. The number of carbonyl (C=O) groups excluding carboxylic acids is 2. The zero-order valence-corrected chi connectivity index (χ0v) is 7.58. The quantitative estimate of drug-likeness (QED) is 0.597. The molecule has 0 saturated heterocycles. The number of hydrogen-bond donors (Lipinski definition) is 1.